The Bertz CT molecular complexity index is 352. The number of imide groups is 1. The lowest BCUT2D eigenvalue weighted by Gasteiger charge is -2.36. The van der Waals surface area contributed by atoms with E-state index in [9.17, 15) is 9.59 Å². The molecule has 3 amide bonds. The maximum atomic E-state index is 12.1. The van der Waals surface area contributed by atoms with Crippen LogP contribution in [-0.2, 0) is 4.79 Å². The number of rotatable bonds is 0. The third-order valence-electron chi connectivity index (χ3n) is 2.95. The minimum absolute atomic E-state index is 0.0602. The van der Waals surface area contributed by atoms with Crippen LogP contribution in [0.3, 0.4) is 0 Å². The molecular formula is C11H16N2O2. The van der Waals surface area contributed by atoms with E-state index < -0.39 is 5.54 Å². The Morgan fingerprint density at radius 1 is 1.33 bits per heavy atom. The summed E-state index contributed by atoms with van der Waals surface area (Å²) >= 11 is 0. The van der Waals surface area contributed by atoms with Gasteiger partial charge in [0.1, 0.15) is 0 Å². The zero-order valence-electron chi connectivity index (χ0n) is 9.41. The third kappa shape index (κ3) is 1.58. The summed E-state index contributed by atoms with van der Waals surface area (Å²) < 4.78 is 0. The SMILES string of the molecule is CC(C)(C)N1C(=O)N=C2CCCC2C1=O. The topological polar surface area (TPSA) is 49.7 Å². The zero-order valence-corrected chi connectivity index (χ0v) is 9.41. The molecule has 0 aromatic heterocycles. The van der Waals surface area contributed by atoms with Gasteiger partial charge in [-0.15, -0.1) is 0 Å². The van der Waals surface area contributed by atoms with Crippen molar-refractivity contribution in [1.82, 2.24) is 4.90 Å². The Kier molecular flexibility index (Phi) is 2.17. The van der Waals surface area contributed by atoms with Gasteiger partial charge in [0.15, 0.2) is 0 Å². The molecule has 1 saturated carbocycles. The fraction of sp³-hybridized carbons (Fsp3) is 0.727. The number of fused-ring (bicyclic) bond motifs is 1. The standard InChI is InChI=1S/C11H16N2O2/c1-11(2,3)13-9(14)7-5-4-6-8(7)12-10(13)15/h7H,4-6H2,1-3H3. The van der Waals surface area contributed by atoms with Gasteiger partial charge in [-0.25, -0.2) is 9.79 Å². The highest BCUT2D eigenvalue weighted by molar-refractivity contribution is 6.17. The largest absolute Gasteiger partial charge is 0.350 e. The van der Waals surface area contributed by atoms with Crippen LogP contribution in [0, 0.1) is 5.92 Å². The molecule has 4 heteroatoms. The summed E-state index contributed by atoms with van der Waals surface area (Å²) in [5, 5.41) is 0. The average Bonchev–Trinajstić information content (AvgIpc) is 2.48. The van der Waals surface area contributed by atoms with E-state index in [0.717, 1.165) is 25.0 Å². The van der Waals surface area contributed by atoms with Crippen LogP contribution in [0.2, 0.25) is 0 Å². The second-order valence-electron chi connectivity index (χ2n) is 5.17. The van der Waals surface area contributed by atoms with Crippen LogP contribution < -0.4 is 0 Å². The zero-order chi connectivity index (χ0) is 11.2. The predicted octanol–water partition coefficient (Wildman–Crippen LogP) is 1.99. The Morgan fingerprint density at radius 3 is 2.60 bits per heavy atom. The molecule has 0 radical (unpaired) electrons. The number of carbonyl (C=O) groups excluding carboxylic acids is 2. The highest BCUT2D eigenvalue weighted by atomic mass is 16.2. The van der Waals surface area contributed by atoms with Gasteiger partial charge in [-0.2, -0.15) is 0 Å². The Labute approximate surface area is 89.4 Å². The normalized spacial score (nSPS) is 26.7. The summed E-state index contributed by atoms with van der Waals surface area (Å²) in [5.41, 5.74) is 0.330. The molecule has 1 unspecified atom stereocenters. The van der Waals surface area contributed by atoms with Crippen LogP contribution in [0.25, 0.3) is 0 Å². The van der Waals surface area contributed by atoms with E-state index >= 15 is 0 Å². The Hall–Kier alpha value is -1.19. The summed E-state index contributed by atoms with van der Waals surface area (Å²) in [6, 6.07) is -0.388. The number of aliphatic imine (C=N–C) groups is 1. The van der Waals surface area contributed by atoms with Crippen molar-refractivity contribution in [2.45, 2.75) is 45.6 Å². The molecule has 1 fully saturated rings. The first-order valence-corrected chi connectivity index (χ1v) is 5.37. The Morgan fingerprint density at radius 2 is 2.00 bits per heavy atom. The molecule has 1 atom stereocenters. The molecule has 0 spiro atoms. The third-order valence-corrected chi connectivity index (χ3v) is 2.95. The van der Waals surface area contributed by atoms with Crippen molar-refractivity contribution in [3.63, 3.8) is 0 Å². The van der Waals surface area contributed by atoms with Gasteiger partial charge in [0, 0.05) is 11.3 Å². The second-order valence-corrected chi connectivity index (χ2v) is 5.17. The van der Waals surface area contributed by atoms with Gasteiger partial charge in [-0.3, -0.25) is 9.69 Å². The van der Waals surface area contributed by atoms with Crippen molar-refractivity contribution < 1.29 is 9.59 Å². The van der Waals surface area contributed by atoms with Crippen molar-refractivity contribution in [2.24, 2.45) is 10.9 Å². The van der Waals surface area contributed by atoms with Gasteiger partial charge < -0.3 is 0 Å². The van der Waals surface area contributed by atoms with Gasteiger partial charge in [0.25, 0.3) is 0 Å². The monoisotopic (exact) mass is 208 g/mol. The van der Waals surface area contributed by atoms with Gasteiger partial charge >= 0.3 is 6.03 Å². The molecule has 1 aliphatic heterocycles. The highest BCUT2D eigenvalue weighted by Gasteiger charge is 2.43. The average molecular weight is 208 g/mol. The number of carbonyl (C=O) groups is 2. The van der Waals surface area contributed by atoms with E-state index in [4.69, 9.17) is 0 Å². The summed E-state index contributed by atoms with van der Waals surface area (Å²) in [4.78, 5) is 29.1. The lowest BCUT2D eigenvalue weighted by atomic mass is 9.98. The van der Waals surface area contributed by atoms with Crippen LogP contribution in [0.15, 0.2) is 4.99 Å². The molecule has 2 rings (SSSR count). The molecule has 0 N–H and O–H groups in total. The number of hydrogen-bond donors (Lipinski definition) is 0. The van der Waals surface area contributed by atoms with E-state index in [0.29, 0.717) is 0 Å². The molecule has 0 saturated heterocycles. The van der Waals surface area contributed by atoms with E-state index in [1.807, 2.05) is 20.8 Å². The molecule has 0 aromatic carbocycles. The fourth-order valence-electron chi connectivity index (χ4n) is 2.27. The summed E-state index contributed by atoms with van der Waals surface area (Å²) in [6.45, 7) is 5.58. The van der Waals surface area contributed by atoms with Crippen LogP contribution in [0.4, 0.5) is 4.79 Å². The molecule has 4 nitrogen and oxygen atoms in total. The summed E-state index contributed by atoms with van der Waals surface area (Å²) in [6.07, 6.45) is 2.62. The number of urea groups is 1. The smallest absolute Gasteiger partial charge is 0.274 e. The lowest BCUT2D eigenvalue weighted by molar-refractivity contribution is -0.134. The van der Waals surface area contributed by atoms with E-state index in [2.05, 4.69) is 4.99 Å². The van der Waals surface area contributed by atoms with E-state index in [-0.39, 0.29) is 17.9 Å². The first kappa shape index (κ1) is 10.3. The number of hydrogen-bond acceptors (Lipinski definition) is 2. The molecule has 82 valence electrons. The second kappa shape index (κ2) is 3.15. The fourth-order valence-corrected chi connectivity index (χ4v) is 2.27. The van der Waals surface area contributed by atoms with Crippen molar-refractivity contribution in [1.29, 1.82) is 0 Å². The first-order valence-electron chi connectivity index (χ1n) is 5.37. The minimum Gasteiger partial charge on any atom is -0.274 e. The molecule has 2 aliphatic rings. The molecule has 15 heavy (non-hydrogen) atoms. The molecular weight excluding hydrogens is 192 g/mol. The lowest BCUT2D eigenvalue weighted by Crippen LogP contribution is -2.54. The van der Waals surface area contributed by atoms with Crippen LogP contribution in [0.1, 0.15) is 40.0 Å². The summed E-state index contributed by atoms with van der Waals surface area (Å²) in [5.74, 6) is -0.183. The Balaban J connectivity index is 2.38. The van der Waals surface area contributed by atoms with Gasteiger partial charge in [-0.1, -0.05) is 0 Å². The van der Waals surface area contributed by atoms with Gasteiger partial charge in [-0.05, 0) is 40.0 Å². The first-order chi connectivity index (χ1) is 6.91. The van der Waals surface area contributed by atoms with Crippen LogP contribution in [-0.4, -0.2) is 28.1 Å². The van der Waals surface area contributed by atoms with E-state index in [1.165, 1.54) is 4.90 Å². The molecule has 0 bridgehead atoms. The van der Waals surface area contributed by atoms with Crippen molar-refractivity contribution in [2.75, 3.05) is 0 Å². The number of amides is 3. The number of nitrogens with zero attached hydrogens (tertiary/aromatic N) is 2. The van der Waals surface area contributed by atoms with Crippen LogP contribution >= 0.6 is 0 Å². The maximum absolute atomic E-state index is 12.1. The van der Waals surface area contributed by atoms with Crippen molar-refractivity contribution >= 4 is 17.6 Å². The highest BCUT2D eigenvalue weighted by Crippen LogP contribution is 2.31. The van der Waals surface area contributed by atoms with Crippen molar-refractivity contribution in [3.8, 4) is 0 Å². The molecule has 1 aliphatic carbocycles. The maximum Gasteiger partial charge on any atom is 0.350 e. The van der Waals surface area contributed by atoms with Gasteiger partial charge in [0.2, 0.25) is 5.91 Å². The predicted molar refractivity (Wildman–Crippen MR) is 56.8 cm³/mol. The van der Waals surface area contributed by atoms with E-state index in [1.54, 1.807) is 0 Å². The van der Waals surface area contributed by atoms with Crippen molar-refractivity contribution in [3.05, 3.63) is 0 Å². The van der Waals surface area contributed by atoms with Crippen LogP contribution in [0.5, 0.6) is 0 Å². The molecule has 0 aromatic rings. The quantitative estimate of drug-likeness (QED) is 0.611. The van der Waals surface area contributed by atoms with Gasteiger partial charge in [0.05, 0.1) is 5.92 Å². The summed E-state index contributed by atoms with van der Waals surface area (Å²) in [7, 11) is 0. The molecule has 1 heterocycles. The minimum atomic E-state index is -0.466.